The Hall–Kier alpha value is -2.26. The Labute approximate surface area is 172 Å². The predicted molar refractivity (Wildman–Crippen MR) is 112 cm³/mol. The number of furan rings is 1. The van der Waals surface area contributed by atoms with E-state index in [2.05, 4.69) is 5.32 Å². The molecule has 1 amide bonds. The number of amides is 1. The van der Waals surface area contributed by atoms with Gasteiger partial charge < -0.3 is 19.4 Å². The highest BCUT2D eigenvalue weighted by molar-refractivity contribution is 7.99. The van der Waals surface area contributed by atoms with Gasteiger partial charge in [0.05, 0.1) is 30.7 Å². The van der Waals surface area contributed by atoms with Gasteiger partial charge in [0.1, 0.15) is 16.9 Å². The molecule has 9 heteroatoms. The van der Waals surface area contributed by atoms with E-state index in [4.69, 9.17) is 21.4 Å². The topological polar surface area (TPSA) is 58.0 Å². The van der Waals surface area contributed by atoms with Gasteiger partial charge in [0.2, 0.25) is 0 Å². The summed E-state index contributed by atoms with van der Waals surface area (Å²) >= 11 is 7.11. The number of thioether (sulfide) groups is 1. The Bertz CT molecular complexity index is 856. The molecule has 1 atom stereocenters. The molecule has 0 bridgehead atoms. The third-order valence-corrected chi connectivity index (χ3v) is 5.99. The molecule has 1 aromatic heterocycles. The molecule has 1 N–H and O–H groups in total. The maximum Gasteiger partial charge on any atom is 0.414 e. The summed E-state index contributed by atoms with van der Waals surface area (Å²) in [7, 11) is 0. The molecule has 0 spiro atoms. The van der Waals surface area contributed by atoms with Crippen molar-refractivity contribution in [1.82, 2.24) is 5.32 Å². The molecule has 2 aliphatic heterocycles. The van der Waals surface area contributed by atoms with Crippen LogP contribution in [0.3, 0.4) is 0 Å². The Morgan fingerprint density at radius 1 is 1.32 bits per heavy atom. The lowest BCUT2D eigenvalue weighted by Gasteiger charge is -2.29. The monoisotopic (exact) mass is 421 g/mol. The largest absolute Gasteiger partial charge is 0.462 e. The van der Waals surface area contributed by atoms with E-state index in [0.717, 1.165) is 24.6 Å². The van der Waals surface area contributed by atoms with Crippen molar-refractivity contribution in [2.45, 2.75) is 6.10 Å². The van der Waals surface area contributed by atoms with Gasteiger partial charge >= 0.3 is 6.09 Å². The lowest BCUT2D eigenvalue weighted by Crippen LogP contribution is -2.34. The molecule has 1 aromatic carbocycles. The van der Waals surface area contributed by atoms with Gasteiger partial charge in [-0.2, -0.15) is 11.8 Å². The highest BCUT2D eigenvalue weighted by Crippen LogP contribution is 2.29. The zero-order chi connectivity index (χ0) is 19.5. The second-order valence-corrected chi connectivity index (χ2v) is 8.17. The van der Waals surface area contributed by atoms with Gasteiger partial charge in [0, 0.05) is 24.6 Å². The highest BCUT2D eigenvalue weighted by atomic mass is 32.2. The lowest BCUT2D eigenvalue weighted by molar-refractivity contribution is 0.143. The standard InChI is InChI=1S/C19H20FN3O3S2/c20-15-10-13(3-4-16(15)22-5-8-28-9-6-22)23-12-14(26-19(23)24)11-21-18(27)17-2-1-7-25-17/h1-4,7,10,14H,5-6,8-9,11-12H2,(H,21,27)/t14-/m0/s1. The number of thiocarbonyl (C=S) groups is 1. The van der Waals surface area contributed by atoms with Crippen molar-refractivity contribution in [2.24, 2.45) is 0 Å². The summed E-state index contributed by atoms with van der Waals surface area (Å²) in [5.41, 5.74) is 1.08. The maximum atomic E-state index is 14.7. The van der Waals surface area contributed by atoms with E-state index in [-0.39, 0.29) is 11.9 Å². The van der Waals surface area contributed by atoms with Gasteiger partial charge in [-0.15, -0.1) is 0 Å². The van der Waals surface area contributed by atoms with Crippen molar-refractivity contribution >= 4 is 46.4 Å². The van der Waals surface area contributed by atoms with Crippen molar-refractivity contribution in [3.8, 4) is 0 Å². The molecule has 2 saturated heterocycles. The predicted octanol–water partition coefficient (Wildman–Crippen LogP) is 3.26. The Morgan fingerprint density at radius 2 is 2.14 bits per heavy atom. The van der Waals surface area contributed by atoms with Crippen molar-refractivity contribution in [1.29, 1.82) is 0 Å². The van der Waals surface area contributed by atoms with Crippen molar-refractivity contribution in [3.05, 3.63) is 48.2 Å². The second-order valence-electron chi connectivity index (χ2n) is 6.54. The number of nitrogens with zero attached hydrogens (tertiary/aromatic N) is 2. The molecule has 2 aliphatic rings. The minimum atomic E-state index is -0.489. The summed E-state index contributed by atoms with van der Waals surface area (Å²) in [6.45, 7) is 2.34. The van der Waals surface area contributed by atoms with Gasteiger partial charge in [-0.3, -0.25) is 4.90 Å². The molecule has 0 saturated carbocycles. The first-order valence-electron chi connectivity index (χ1n) is 9.04. The van der Waals surface area contributed by atoms with E-state index in [1.165, 1.54) is 11.0 Å². The molecule has 6 nitrogen and oxygen atoms in total. The molecule has 0 radical (unpaired) electrons. The third-order valence-electron chi connectivity index (χ3n) is 4.70. The van der Waals surface area contributed by atoms with Gasteiger partial charge in [0.25, 0.3) is 0 Å². The fourth-order valence-electron chi connectivity index (χ4n) is 3.26. The highest BCUT2D eigenvalue weighted by Gasteiger charge is 2.33. The minimum Gasteiger partial charge on any atom is -0.462 e. The number of hydrogen-bond acceptors (Lipinski definition) is 6. The molecule has 0 unspecified atom stereocenters. The number of halogens is 1. The van der Waals surface area contributed by atoms with Gasteiger partial charge in [-0.05, 0) is 30.3 Å². The third kappa shape index (κ3) is 4.10. The molecule has 0 aliphatic carbocycles. The summed E-state index contributed by atoms with van der Waals surface area (Å²) in [5, 5.41) is 3.03. The molecule has 148 valence electrons. The molecule has 2 fully saturated rings. The average Bonchev–Trinajstić information content (AvgIpc) is 3.37. The summed E-state index contributed by atoms with van der Waals surface area (Å²) in [6, 6.07) is 8.42. The first-order chi connectivity index (χ1) is 13.6. The SMILES string of the molecule is O=C1O[C@@H](CNC(=S)c2ccco2)CN1c1ccc(N2CCSCC2)c(F)c1. The summed E-state index contributed by atoms with van der Waals surface area (Å²) in [5.74, 6) is 2.23. The molecular formula is C19H20FN3O3S2. The van der Waals surface area contributed by atoms with E-state index in [1.807, 2.05) is 16.7 Å². The van der Waals surface area contributed by atoms with E-state index in [1.54, 1.807) is 30.5 Å². The van der Waals surface area contributed by atoms with Gasteiger partial charge in [-0.25, -0.2) is 9.18 Å². The second kappa shape index (κ2) is 8.40. The molecule has 28 heavy (non-hydrogen) atoms. The van der Waals surface area contributed by atoms with E-state index in [9.17, 15) is 9.18 Å². The Morgan fingerprint density at radius 3 is 2.86 bits per heavy atom. The number of cyclic esters (lactones) is 1. The maximum absolute atomic E-state index is 14.7. The first kappa shape index (κ1) is 19.1. The normalized spacial score (nSPS) is 19.6. The van der Waals surface area contributed by atoms with Crippen LogP contribution in [0.15, 0.2) is 41.0 Å². The average molecular weight is 422 g/mol. The number of rotatable bonds is 5. The van der Waals surface area contributed by atoms with Crippen LogP contribution < -0.4 is 15.1 Å². The van der Waals surface area contributed by atoms with Crippen LogP contribution in [0, 0.1) is 5.82 Å². The fraction of sp³-hybridized carbons (Fsp3) is 0.368. The van der Waals surface area contributed by atoms with Crippen LogP contribution in [0.25, 0.3) is 0 Å². The zero-order valence-electron chi connectivity index (χ0n) is 15.1. The van der Waals surface area contributed by atoms with Gasteiger partial charge in [-0.1, -0.05) is 12.2 Å². The Kier molecular flexibility index (Phi) is 5.72. The lowest BCUT2D eigenvalue weighted by atomic mass is 10.2. The fourth-order valence-corrected chi connectivity index (χ4v) is 4.37. The van der Waals surface area contributed by atoms with Crippen LogP contribution >= 0.6 is 24.0 Å². The van der Waals surface area contributed by atoms with E-state index < -0.39 is 6.09 Å². The summed E-state index contributed by atoms with van der Waals surface area (Å²) < 4.78 is 25.3. The number of hydrogen-bond donors (Lipinski definition) is 1. The number of carbonyl (C=O) groups is 1. The molecule has 4 rings (SSSR count). The van der Waals surface area contributed by atoms with Crippen molar-refractivity contribution in [3.63, 3.8) is 0 Å². The number of anilines is 2. The number of benzene rings is 1. The number of ether oxygens (including phenoxy) is 1. The van der Waals surface area contributed by atoms with Crippen molar-refractivity contribution in [2.75, 3.05) is 47.5 Å². The van der Waals surface area contributed by atoms with Gasteiger partial charge in [0.15, 0.2) is 5.76 Å². The molecule has 2 aromatic rings. The zero-order valence-corrected chi connectivity index (χ0v) is 16.7. The van der Waals surface area contributed by atoms with Crippen molar-refractivity contribution < 1.29 is 18.3 Å². The first-order valence-corrected chi connectivity index (χ1v) is 10.6. The van der Waals surface area contributed by atoms with Crippen LogP contribution in [-0.2, 0) is 4.74 Å². The summed E-state index contributed by atoms with van der Waals surface area (Å²) in [4.78, 5) is 16.2. The van der Waals surface area contributed by atoms with Crippen LogP contribution in [0.1, 0.15) is 5.76 Å². The number of carbonyl (C=O) groups excluding carboxylic acids is 1. The molecular weight excluding hydrogens is 401 g/mol. The molecule has 3 heterocycles. The summed E-state index contributed by atoms with van der Waals surface area (Å²) in [6.07, 6.45) is 0.668. The van der Waals surface area contributed by atoms with Crippen LogP contribution in [0.5, 0.6) is 0 Å². The van der Waals surface area contributed by atoms with Crippen LogP contribution in [-0.4, -0.2) is 54.9 Å². The minimum absolute atomic E-state index is 0.322. The van der Waals surface area contributed by atoms with Crippen LogP contribution in [0.2, 0.25) is 0 Å². The quantitative estimate of drug-likeness (QED) is 0.744. The van der Waals surface area contributed by atoms with E-state index in [0.29, 0.717) is 35.2 Å². The Balaban J connectivity index is 1.38. The van der Waals surface area contributed by atoms with E-state index >= 15 is 0 Å². The number of nitrogens with one attached hydrogen (secondary N) is 1. The van der Waals surface area contributed by atoms with Crippen LogP contribution in [0.4, 0.5) is 20.6 Å². The smallest absolute Gasteiger partial charge is 0.414 e.